The Balaban J connectivity index is 2.14. The third-order valence-corrected chi connectivity index (χ3v) is 4.21. The summed E-state index contributed by atoms with van der Waals surface area (Å²) < 4.78 is 1.61. The van der Waals surface area contributed by atoms with Gasteiger partial charge in [0.2, 0.25) is 0 Å². The zero-order chi connectivity index (χ0) is 14.3. The molecule has 0 bridgehead atoms. The minimum atomic E-state index is 0.0874. The first-order valence-electron chi connectivity index (χ1n) is 7.32. The number of hydrogen-bond donors (Lipinski definition) is 1. The van der Waals surface area contributed by atoms with Crippen molar-refractivity contribution in [2.75, 3.05) is 14.1 Å². The van der Waals surface area contributed by atoms with Crippen LogP contribution in [0.15, 0.2) is 11.0 Å². The largest absolute Gasteiger partial charge is 0.305 e. The van der Waals surface area contributed by atoms with Crippen molar-refractivity contribution in [2.45, 2.75) is 45.1 Å². The maximum atomic E-state index is 12.7. The highest BCUT2D eigenvalue weighted by molar-refractivity contribution is 5.48. The van der Waals surface area contributed by atoms with E-state index in [1.165, 1.54) is 12.8 Å². The Labute approximate surface area is 118 Å². The smallest absolute Gasteiger partial charge is 0.276 e. The molecule has 0 saturated heterocycles. The lowest BCUT2D eigenvalue weighted by Gasteiger charge is -2.12. The predicted molar refractivity (Wildman–Crippen MR) is 79.1 cm³/mol. The van der Waals surface area contributed by atoms with Gasteiger partial charge in [-0.3, -0.25) is 9.89 Å². The topological polar surface area (TPSA) is 53.4 Å². The maximum absolute atomic E-state index is 12.7. The van der Waals surface area contributed by atoms with Crippen LogP contribution in [0.5, 0.6) is 0 Å². The molecule has 108 valence electrons. The molecule has 0 amide bonds. The zero-order valence-electron chi connectivity index (χ0n) is 12.4. The minimum absolute atomic E-state index is 0.0874. The number of fused-ring (bicyclic) bond motifs is 1. The lowest BCUT2D eigenvalue weighted by atomic mass is 9.97. The van der Waals surface area contributed by atoms with Gasteiger partial charge in [0.25, 0.3) is 5.56 Å². The van der Waals surface area contributed by atoms with Gasteiger partial charge in [-0.25, -0.2) is 9.50 Å². The number of aromatic nitrogens is 3. The van der Waals surface area contributed by atoms with Crippen LogP contribution < -0.4 is 5.56 Å². The first-order chi connectivity index (χ1) is 9.58. The average molecular weight is 274 g/mol. The molecule has 1 fully saturated rings. The van der Waals surface area contributed by atoms with Gasteiger partial charge in [-0.05, 0) is 39.8 Å². The van der Waals surface area contributed by atoms with E-state index in [1.54, 1.807) is 4.52 Å². The van der Waals surface area contributed by atoms with Gasteiger partial charge in [0.1, 0.15) is 0 Å². The van der Waals surface area contributed by atoms with Crippen molar-refractivity contribution >= 4 is 5.65 Å². The molecule has 1 N–H and O–H groups in total. The van der Waals surface area contributed by atoms with Crippen molar-refractivity contribution in [1.29, 1.82) is 0 Å². The molecule has 0 aromatic carbocycles. The summed E-state index contributed by atoms with van der Waals surface area (Å²) >= 11 is 0. The SMILES string of the molecule is Cc1nc2c(CN(C)C)c[nH]n2c(=O)c1C1CCCC1. The van der Waals surface area contributed by atoms with Crippen LogP contribution in [0.25, 0.3) is 5.65 Å². The van der Waals surface area contributed by atoms with E-state index in [2.05, 4.69) is 10.00 Å². The monoisotopic (exact) mass is 274 g/mol. The molecule has 0 radical (unpaired) electrons. The molecule has 20 heavy (non-hydrogen) atoms. The second kappa shape index (κ2) is 5.05. The quantitative estimate of drug-likeness (QED) is 0.932. The summed E-state index contributed by atoms with van der Waals surface area (Å²) in [5.74, 6) is 0.396. The molecule has 1 aliphatic carbocycles. The second-order valence-corrected chi connectivity index (χ2v) is 6.09. The van der Waals surface area contributed by atoms with Crippen molar-refractivity contribution in [2.24, 2.45) is 0 Å². The fourth-order valence-electron chi connectivity index (χ4n) is 3.32. The van der Waals surface area contributed by atoms with E-state index in [0.717, 1.165) is 41.9 Å². The molecule has 2 aromatic heterocycles. The Morgan fingerprint density at radius 1 is 1.40 bits per heavy atom. The first-order valence-corrected chi connectivity index (χ1v) is 7.32. The summed E-state index contributed by atoms with van der Waals surface area (Å²) in [7, 11) is 4.03. The van der Waals surface area contributed by atoms with Gasteiger partial charge in [0.05, 0.1) is 0 Å². The highest BCUT2D eigenvalue weighted by Gasteiger charge is 2.24. The molecule has 3 rings (SSSR count). The van der Waals surface area contributed by atoms with Crippen LogP contribution in [0.4, 0.5) is 0 Å². The second-order valence-electron chi connectivity index (χ2n) is 6.09. The Hall–Kier alpha value is -1.62. The van der Waals surface area contributed by atoms with Gasteiger partial charge in [-0.2, -0.15) is 0 Å². The molecule has 2 heterocycles. The third kappa shape index (κ3) is 2.16. The number of H-pyrrole nitrogens is 1. The summed E-state index contributed by atoms with van der Waals surface area (Å²) in [5, 5.41) is 3.07. The molecule has 0 aliphatic heterocycles. The van der Waals surface area contributed by atoms with Crippen molar-refractivity contribution in [1.82, 2.24) is 19.5 Å². The van der Waals surface area contributed by atoms with E-state index in [9.17, 15) is 4.79 Å². The number of hydrogen-bond acceptors (Lipinski definition) is 3. The van der Waals surface area contributed by atoms with Gasteiger partial charge >= 0.3 is 0 Å². The van der Waals surface area contributed by atoms with Crippen LogP contribution in [-0.2, 0) is 6.54 Å². The molecule has 5 nitrogen and oxygen atoms in total. The normalized spacial score (nSPS) is 16.6. The minimum Gasteiger partial charge on any atom is -0.305 e. The number of aromatic amines is 1. The van der Waals surface area contributed by atoms with Crippen molar-refractivity contribution in [3.63, 3.8) is 0 Å². The molecular formula is C15H22N4O. The number of aryl methyl sites for hydroxylation is 1. The summed E-state index contributed by atoms with van der Waals surface area (Å²) in [6, 6.07) is 0. The molecule has 2 aromatic rings. The number of rotatable bonds is 3. The van der Waals surface area contributed by atoms with Crippen molar-refractivity contribution in [3.05, 3.63) is 33.4 Å². The lowest BCUT2D eigenvalue weighted by Crippen LogP contribution is -2.24. The number of nitrogens with zero attached hydrogens (tertiary/aromatic N) is 3. The molecule has 0 unspecified atom stereocenters. The molecule has 1 saturated carbocycles. The van der Waals surface area contributed by atoms with Crippen molar-refractivity contribution < 1.29 is 0 Å². The van der Waals surface area contributed by atoms with Gasteiger partial charge in [-0.15, -0.1) is 0 Å². The van der Waals surface area contributed by atoms with Gasteiger partial charge < -0.3 is 4.90 Å². The van der Waals surface area contributed by atoms with E-state index in [0.29, 0.717) is 5.92 Å². The Morgan fingerprint density at radius 2 is 2.10 bits per heavy atom. The fourth-order valence-corrected chi connectivity index (χ4v) is 3.32. The number of nitrogens with one attached hydrogen (secondary N) is 1. The van der Waals surface area contributed by atoms with Crippen LogP contribution in [0.2, 0.25) is 0 Å². The standard InChI is InChI=1S/C15H22N4O/c1-10-13(11-6-4-5-7-11)15(20)19-14(17-10)12(8-16-19)9-18(2)3/h8,11,16H,4-7,9H2,1-3H3. The zero-order valence-corrected chi connectivity index (χ0v) is 12.4. The van der Waals surface area contributed by atoms with Gasteiger partial charge in [0, 0.05) is 29.6 Å². The van der Waals surface area contributed by atoms with Gasteiger partial charge in [-0.1, -0.05) is 12.8 Å². The third-order valence-electron chi connectivity index (χ3n) is 4.21. The van der Waals surface area contributed by atoms with Crippen LogP contribution in [0.1, 0.15) is 48.4 Å². The van der Waals surface area contributed by atoms with Crippen LogP contribution in [0.3, 0.4) is 0 Å². The van der Waals surface area contributed by atoms with Gasteiger partial charge in [0.15, 0.2) is 5.65 Å². The highest BCUT2D eigenvalue weighted by Crippen LogP contribution is 2.33. The summed E-state index contributed by atoms with van der Waals surface area (Å²) in [6.45, 7) is 2.75. The molecule has 1 aliphatic rings. The van der Waals surface area contributed by atoms with E-state index < -0.39 is 0 Å². The van der Waals surface area contributed by atoms with Crippen molar-refractivity contribution in [3.8, 4) is 0 Å². The van der Waals surface area contributed by atoms with Crippen LogP contribution in [0, 0.1) is 6.92 Å². The van der Waals surface area contributed by atoms with E-state index in [1.807, 2.05) is 27.2 Å². The Bertz CT molecular complexity index is 677. The predicted octanol–water partition coefficient (Wildman–Crippen LogP) is 2.05. The molecule has 5 heteroatoms. The molecule has 0 spiro atoms. The fraction of sp³-hybridized carbons (Fsp3) is 0.600. The van der Waals surface area contributed by atoms with E-state index in [-0.39, 0.29) is 5.56 Å². The Morgan fingerprint density at radius 3 is 2.75 bits per heavy atom. The van der Waals surface area contributed by atoms with E-state index in [4.69, 9.17) is 4.98 Å². The van der Waals surface area contributed by atoms with Crippen LogP contribution >= 0.6 is 0 Å². The summed E-state index contributed by atoms with van der Waals surface area (Å²) in [6.07, 6.45) is 6.58. The Kier molecular flexibility index (Phi) is 3.38. The molecular weight excluding hydrogens is 252 g/mol. The summed E-state index contributed by atoms with van der Waals surface area (Å²) in [4.78, 5) is 19.5. The first kappa shape index (κ1) is 13.4. The lowest BCUT2D eigenvalue weighted by molar-refractivity contribution is 0.403. The highest BCUT2D eigenvalue weighted by atomic mass is 16.1. The average Bonchev–Trinajstić information content (AvgIpc) is 3.00. The van der Waals surface area contributed by atoms with E-state index >= 15 is 0 Å². The molecule has 0 atom stereocenters. The maximum Gasteiger partial charge on any atom is 0.276 e. The van der Waals surface area contributed by atoms with Crippen LogP contribution in [-0.4, -0.2) is 33.6 Å². The summed E-state index contributed by atoms with van der Waals surface area (Å²) in [5.41, 5.74) is 3.74.